The first kappa shape index (κ1) is 29.4. The molecule has 1 saturated carbocycles. The third kappa shape index (κ3) is 6.53. The van der Waals surface area contributed by atoms with Gasteiger partial charge in [0.15, 0.2) is 0 Å². The lowest BCUT2D eigenvalue weighted by atomic mass is 9.80. The molecule has 1 fully saturated rings. The summed E-state index contributed by atoms with van der Waals surface area (Å²) < 4.78 is -0.466. The normalized spacial score (nSPS) is 16.1. The van der Waals surface area contributed by atoms with Gasteiger partial charge in [0.2, 0.25) is 0 Å². The van der Waals surface area contributed by atoms with Gasteiger partial charge in [-0.1, -0.05) is 85.3 Å². The monoisotopic (exact) mass is 585 g/mol. The Balaban J connectivity index is 1.55. The molecule has 0 spiro atoms. The Bertz CT molecular complexity index is 1600. The van der Waals surface area contributed by atoms with Crippen molar-refractivity contribution in [1.29, 1.82) is 0 Å². The Hall–Kier alpha value is -3.12. The molecule has 1 heterocycles. The van der Waals surface area contributed by atoms with Crippen LogP contribution in [0.3, 0.4) is 0 Å². The Kier molecular flexibility index (Phi) is 8.34. The zero-order valence-corrected chi connectivity index (χ0v) is 25.3. The zero-order valence-electron chi connectivity index (χ0n) is 23.7. The number of aliphatic carboxylic acids is 1. The topological polar surface area (TPSA) is 70.4 Å². The second kappa shape index (κ2) is 11.6. The van der Waals surface area contributed by atoms with Crippen LogP contribution in [0.2, 0.25) is 5.02 Å². The van der Waals surface area contributed by atoms with E-state index in [1.54, 1.807) is 0 Å². The average molecular weight is 586 g/mol. The highest BCUT2D eigenvalue weighted by Crippen LogP contribution is 2.57. The maximum absolute atomic E-state index is 11.6. The van der Waals surface area contributed by atoms with Crippen LogP contribution in [0.25, 0.3) is 23.1 Å². The van der Waals surface area contributed by atoms with E-state index in [1.807, 2.05) is 80.2 Å². The lowest BCUT2D eigenvalue weighted by Crippen LogP contribution is -2.30. The van der Waals surface area contributed by atoms with Crippen molar-refractivity contribution in [2.24, 2.45) is 5.41 Å². The number of nitrogens with zero attached hydrogens (tertiary/aromatic N) is 1. The standard InChI is InChI=1S/C35H36ClNO3S/c1-4-35(41-23-34(18-19-34)22-32(38)39,30-11-6-5-10-29(30)33(2,3)40)26-9-7-8-24(20-26)12-16-28-17-14-25-13-15-27(36)21-31(25)37-28/h5-17,20-21,40H,4,18-19,22-23H2,1-3H3,(H,38,39). The molecule has 1 unspecified atom stereocenters. The molecule has 41 heavy (non-hydrogen) atoms. The molecule has 4 nitrogen and oxygen atoms in total. The van der Waals surface area contributed by atoms with Gasteiger partial charge in [-0.05, 0) is 85.1 Å². The number of carboxylic acid groups (broad SMARTS) is 1. The molecule has 1 aliphatic carbocycles. The van der Waals surface area contributed by atoms with E-state index >= 15 is 0 Å². The van der Waals surface area contributed by atoms with Gasteiger partial charge < -0.3 is 10.2 Å². The number of pyridine rings is 1. The minimum absolute atomic E-state index is 0.164. The molecule has 3 aromatic carbocycles. The molecular weight excluding hydrogens is 550 g/mol. The van der Waals surface area contributed by atoms with Crippen LogP contribution in [-0.2, 0) is 15.1 Å². The maximum atomic E-state index is 11.6. The van der Waals surface area contributed by atoms with Crippen molar-refractivity contribution in [2.45, 2.75) is 56.8 Å². The molecule has 1 aromatic heterocycles. The second-order valence-corrected chi connectivity index (χ2v) is 13.4. The van der Waals surface area contributed by atoms with E-state index in [2.05, 4.69) is 43.3 Å². The van der Waals surface area contributed by atoms with Crippen LogP contribution < -0.4 is 0 Å². The van der Waals surface area contributed by atoms with Crippen LogP contribution >= 0.6 is 23.4 Å². The Morgan fingerprint density at radius 3 is 2.41 bits per heavy atom. The summed E-state index contributed by atoms with van der Waals surface area (Å²) in [7, 11) is 0. The van der Waals surface area contributed by atoms with E-state index in [-0.39, 0.29) is 11.8 Å². The number of aliphatic hydroxyl groups is 1. The molecule has 0 aliphatic heterocycles. The van der Waals surface area contributed by atoms with Crippen LogP contribution in [0.5, 0.6) is 0 Å². The highest BCUT2D eigenvalue weighted by atomic mass is 35.5. The minimum atomic E-state index is -1.03. The molecular formula is C35H36ClNO3S. The third-order valence-electron chi connectivity index (χ3n) is 8.10. The quantitative estimate of drug-likeness (QED) is 0.184. The Morgan fingerprint density at radius 2 is 1.73 bits per heavy atom. The maximum Gasteiger partial charge on any atom is 0.303 e. The number of carboxylic acids is 1. The molecule has 0 amide bonds. The Labute approximate surface area is 251 Å². The van der Waals surface area contributed by atoms with Crippen molar-refractivity contribution >= 4 is 52.4 Å². The van der Waals surface area contributed by atoms with Crippen molar-refractivity contribution < 1.29 is 15.0 Å². The van der Waals surface area contributed by atoms with Crippen molar-refractivity contribution in [3.05, 3.63) is 112 Å². The fraction of sp³-hybridized carbons (Fsp3) is 0.314. The number of halogens is 1. The first-order chi connectivity index (χ1) is 19.5. The fourth-order valence-corrected chi connectivity index (χ4v) is 7.54. The van der Waals surface area contributed by atoms with Gasteiger partial charge >= 0.3 is 5.97 Å². The minimum Gasteiger partial charge on any atom is -0.481 e. The van der Waals surface area contributed by atoms with Gasteiger partial charge in [0.25, 0.3) is 0 Å². The molecule has 4 aromatic rings. The lowest BCUT2D eigenvalue weighted by Gasteiger charge is -2.38. The second-order valence-electron chi connectivity index (χ2n) is 11.7. The number of rotatable bonds is 11. The molecule has 1 aliphatic rings. The predicted octanol–water partition coefficient (Wildman–Crippen LogP) is 8.93. The summed E-state index contributed by atoms with van der Waals surface area (Å²) in [5.74, 6) is 0.00977. The highest BCUT2D eigenvalue weighted by molar-refractivity contribution is 8.00. The van der Waals surface area contributed by atoms with Crippen molar-refractivity contribution in [2.75, 3.05) is 5.75 Å². The van der Waals surface area contributed by atoms with Crippen molar-refractivity contribution in [3.63, 3.8) is 0 Å². The van der Waals surface area contributed by atoms with Crippen LogP contribution in [0.15, 0.2) is 78.9 Å². The summed E-state index contributed by atoms with van der Waals surface area (Å²) in [5, 5.41) is 22.4. The van der Waals surface area contributed by atoms with Crippen molar-refractivity contribution in [3.8, 4) is 0 Å². The Morgan fingerprint density at radius 1 is 1.00 bits per heavy atom. The molecule has 0 saturated heterocycles. The van der Waals surface area contributed by atoms with Crippen LogP contribution in [0.1, 0.15) is 74.4 Å². The number of hydrogen-bond donors (Lipinski definition) is 2. The number of hydrogen-bond acceptors (Lipinski definition) is 4. The predicted molar refractivity (Wildman–Crippen MR) is 171 cm³/mol. The number of fused-ring (bicyclic) bond motifs is 1. The van der Waals surface area contributed by atoms with Gasteiger partial charge in [0.05, 0.1) is 28.0 Å². The third-order valence-corrected chi connectivity index (χ3v) is 10.3. The van der Waals surface area contributed by atoms with Gasteiger partial charge in [-0.15, -0.1) is 11.8 Å². The first-order valence-electron chi connectivity index (χ1n) is 14.1. The summed E-state index contributed by atoms with van der Waals surface area (Å²) in [5.41, 5.74) is 4.64. The lowest BCUT2D eigenvalue weighted by molar-refractivity contribution is -0.138. The summed E-state index contributed by atoms with van der Waals surface area (Å²) >= 11 is 8.00. The van der Waals surface area contributed by atoms with Crippen molar-refractivity contribution in [1.82, 2.24) is 4.98 Å². The van der Waals surface area contributed by atoms with Gasteiger partial charge in [-0.3, -0.25) is 4.79 Å². The summed E-state index contributed by atoms with van der Waals surface area (Å²) in [6.07, 6.45) is 6.94. The van der Waals surface area contributed by atoms with E-state index < -0.39 is 16.3 Å². The molecule has 0 radical (unpaired) electrons. The molecule has 2 N–H and O–H groups in total. The summed E-state index contributed by atoms with van der Waals surface area (Å²) in [6, 6.07) is 26.4. The largest absolute Gasteiger partial charge is 0.481 e. The molecule has 5 rings (SSSR count). The number of carbonyl (C=O) groups is 1. The van der Waals surface area contributed by atoms with Crippen LogP contribution in [0.4, 0.5) is 0 Å². The number of thioether (sulfide) groups is 1. The van der Waals surface area contributed by atoms with Gasteiger partial charge in [-0.25, -0.2) is 4.98 Å². The van der Waals surface area contributed by atoms with Gasteiger partial charge in [-0.2, -0.15) is 0 Å². The molecule has 0 bridgehead atoms. The van der Waals surface area contributed by atoms with E-state index in [0.29, 0.717) is 5.02 Å². The molecule has 1 atom stereocenters. The van der Waals surface area contributed by atoms with E-state index in [1.165, 1.54) is 0 Å². The molecule has 212 valence electrons. The smallest absolute Gasteiger partial charge is 0.303 e. The van der Waals surface area contributed by atoms with E-state index in [4.69, 9.17) is 16.6 Å². The zero-order chi connectivity index (χ0) is 29.3. The average Bonchev–Trinajstić information content (AvgIpc) is 3.71. The fourth-order valence-electron chi connectivity index (χ4n) is 5.60. The first-order valence-corrected chi connectivity index (χ1v) is 15.4. The van der Waals surface area contributed by atoms with Gasteiger partial charge in [0.1, 0.15) is 0 Å². The van der Waals surface area contributed by atoms with E-state index in [9.17, 15) is 15.0 Å². The summed E-state index contributed by atoms with van der Waals surface area (Å²) in [6.45, 7) is 5.83. The highest BCUT2D eigenvalue weighted by Gasteiger charge is 2.47. The SMILES string of the molecule is CCC(SCC1(CC(=O)O)CC1)(c1cccc(C=Cc2ccc3ccc(Cl)cc3n2)c1)c1ccccc1C(C)(C)O. The number of benzene rings is 3. The number of aromatic nitrogens is 1. The van der Waals surface area contributed by atoms with Crippen LogP contribution in [-0.4, -0.2) is 26.9 Å². The van der Waals surface area contributed by atoms with Gasteiger partial charge in [0, 0.05) is 16.2 Å². The molecule has 6 heteroatoms. The van der Waals surface area contributed by atoms with Crippen LogP contribution in [0, 0.1) is 5.41 Å². The van der Waals surface area contributed by atoms with E-state index in [0.717, 1.165) is 63.9 Å². The summed E-state index contributed by atoms with van der Waals surface area (Å²) in [4.78, 5) is 16.4.